The van der Waals surface area contributed by atoms with Gasteiger partial charge in [0.2, 0.25) is 0 Å². The average molecular weight is 574 g/mol. The van der Waals surface area contributed by atoms with E-state index in [0.29, 0.717) is 11.3 Å². The first-order chi connectivity index (χ1) is 18.6. The standard InChI is InChI=1S/C25H15ClF3N5O4S/c26-14-7-16(9-17(8-14)38-12-20-21(25(27,28)29)39-13-32-20)33-11-19(18-4-2-6-31-22(18)35)23(36)34(24(33)37)15-3-1-5-30-10-15/h1-11,13H,12H2,(H,31,35). The van der Waals surface area contributed by atoms with Crippen LogP contribution >= 0.6 is 22.9 Å². The van der Waals surface area contributed by atoms with E-state index in [2.05, 4.69) is 15.0 Å². The third kappa shape index (κ3) is 5.26. The number of alkyl halides is 3. The summed E-state index contributed by atoms with van der Waals surface area (Å²) in [5, 5.41) is 0.0990. The second-order valence-corrected chi connectivity index (χ2v) is 9.31. The number of pyridine rings is 2. The number of benzene rings is 1. The number of rotatable bonds is 6. The van der Waals surface area contributed by atoms with E-state index >= 15 is 0 Å². The molecule has 0 bridgehead atoms. The van der Waals surface area contributed by atoms with Crippen LogP contribution in [0.1, 0.15) is 10.6 Å². The highest BCUT2D eigenvalue weighted by Crippen LogP contribution is 2.35. The molecule has 198 valence electrons. The molecule has 1 N–H and O–H groups in total. The van der Waals surface area contributed by atoms with Crippen molar-refractivity contribution in [3.63, 3.8) is 0 Å². The summed E-state index contributed by atoms with van der Waals surface area (Å²) in [6.07, 6.45) is 0.781. The Kier molecular flexibility index (Phi) is 6.93. The van der Waals surface area contributed by atoms with Crippen molar-refractivity contribution in [3.8, 4) is 28.3 Å². The Morgan fingerprint density at radius 1 is 1.05 bits per heavy atom. The highest BCUT2D eigenvalue weighted by molar-refractivity contribution is 7.09. The Morgan fingerprint density at radius 3 is 2.59 bits per heavy atom. The molecule has 0 atom stereocenters. The maximum absolute atomic E-state index is 13.6. The smallest absolute Gasteiger partial charge is 0.427 e. The van der Waals surface area contributed by atoms with Crippen LogP contribution in [-0.2, 0) is 12.8 Å². The predicted octanol–water partition coefficient (Wildman–Crippen LogP) is 4.45. The number of nitrogens with one attached hydrogen (secondary N) is 1. The number of aromatic nitrogens is 5. The number of ether oxygens (including phenoxy) is 1. The molecule has 14 heteroatoms. The maximum Gasteiger partial charge on any atom is 0.427 e. The zero-order valence-corrected chi connectivity index (χ0v) is 21.0. The van der Waals surface area contributed by atoms with Gasteiger partial charge in [-0.25, -0.2) is 14.3 Å². The lowest BCUT2D eigenvalue weighted by Gasteiger charge is -2.15. The van der Waals surface area contributed by atoms with Gasteiger partial charge in [-0.05, 0) is 36.4 Å². The Labute approximate surface area is 225 Å². The molecule has 9 nitrogen and oxygen atoms in total. The number of nitrogens with zero attached hydrogens (tertiary/aromatic N) is 4. The van der Waals surface area contributed by atoms with Crippen molar-refractivity contribution >= 4 is 22.9 Å². The summed E-state index contributed by atoms with van der Waals surface area (Å²) in [7, 11) is 0. The SMILES string of the molecule is O=c1[nH]cccc1-c1cn(-c2cc(Cl)cc(OCc3ncsc3C(F)(F)F)c2)c(=O)n(-c2cccnc2)c1=O. The molecule has 0 unspecified atom stereocenters. The Bertz CT molecular complexity index is 1850. The van der Waals surface area contributed by atoms with Crippen LogP contribution < -0.4 is 21.5 Å². The van der Waals surface area contributed by atoms with Gasteiger partial charge in [-0.15, -0.1) is 11.3 Å². The molecule has 0 amide bonds. The molecule has 39 heavy (non-hydrogen) atoms. The van der Waals surface area contributed by atoms with Gasteiger partial charge in [0, 0.05) is 29.7 Å². The summed E-state index contributed by atoms with van der Waals surface area (Å²) >= 11 is 6.71. The fraction of sp³-hybridized carbons (Fsp3) is 0.0800. The summed E-state index contributed by atoms with van der Waals surface area (Å²) < 4.78 is 47.1. The highest BCUT2D eigenvalue weighted by atomic mass is 35.5. The molecule has 0 radical (unpaired) electrons. The Balaban J connectivity index is 1.65. The highest BCUT2D eigenvalue weighted by Gasteiger charge is 2.36. The van der Waals surface area contributed by atoms with Crippen molar-refractivity contribution in [2.24, 2.45) is 0 Å². The van der Waals surface area contributed by atoms with E-state index in [4.69, 9.17) is 16.3 Å². The van der Waals surface area contributed by atoms with Crippen molar-refractivity contribution in [3.05, 3.63) is 120 Å². The first-order valence-electron chi connectivity index (χ1n) is 11.0. The van der Waals surface area contributed by atoms with Crippen LogP contribution in [-0.4, -0.2) is 24.1 Å². The van der Waals surface area contributed by atoms with Crippen molar-refractivity contribution in [2.45, 2.75) is 12.8 Å². The minimum atomic E-state index is -4.58. The van der Waals surface area contributed by atoms with Crippen LogP contribution in [0.5, 0.6) is 5.75 Å². The van der Waals surface area contributed by atoms with Gasteiger partial charge in [-0.1, -0.05) is 11.6 Å². The third-order valence-corrected chi connectivity index (χ3v) is 6.64. The van der Waals surface area contributed by atoms with Crippen LogP contribution in [0.25, 0.3) is 22.5 Å². The zero-order chi connectivity index (χ0) is 27.7. The molecule has 5 aromatic rings. The van der Waals surface area contributed by atoms with E-state index in [9.17, 15) is 27.6 Å². The summed E-state index contributed by atoms with van der Waals surface area (Å²) in [5.41, 5.74) is -1.17. The van der Waals surface area contributed by atoms with Crippen LogP contribution in [0, 0.1) is 0 Å². The minimum Gasteiger partial charge on any atom is -0.487 e. The molecule has 4 aromatic heterocycles. The molecule has 1 aromatic carbocycles. The van der Waals surface area contributed by atoms with Crippen molar-refractivity contribution in [1.82, 2.24) is 24.1 Å². The number of hydrogen-bond donors (Lipinski definition) is 1. The van der Waals surface area contributed by atoms with E-state index in [1.807, 2.05) is 0 Å². The second kappa shape index (κ2) is 10.3. The van der Waals surface area contributed by atoms with Gasteiger partial charge in [0.25, 0.3) is 11.1 Å². The molecule has 4 heterocycles. The van der Waals surface area contributed by atoms with Crippen molar-refractivity contribution in [2.75, 3.05) is 0 Å². The lowest BCUT2D eigenvalue weighted by molar-refractivity contribution is -0.135. The first kappa shape index (κ1) is 26.1. The van der Waals surface area contributed by atoms with E-state index in [0.717, 1.165) is 14.6 Å². The predicted molar refractivity (Wildman–Crippen MR) is 138 cm³/mol. The van der Waals surface area contributed by atoms with Crippen molar-refractivity contribution < 1.29 is 17.9 Å². The van der Waals surface area contributed by atoms with Crippen molar-refractivity contribution in [1.29, 1.82) is 0 Å². The molecular formula is C25H15ClF3N5O4S. The van der Waals surface area contributed by atoms with E-state index < -0.39 is 34.5 Å². The van der Waals surface area contributed by atoms with Gasteiger partial charge in [-0.2, -0.15) is 13.2 Å². The molecule has 0 aliphatic heterocycles. The van der Waals surface area contributed by atoms with Gasteiger partial charge >= 0.3 is 11.9 Å². The molecule has 0 aliphatic carbocycles. The summed E-state index contributed by atoms with van der Waals surface area (Å²) in [5.74, 6) is 0.0451. The molecule has 0 saturated heterocycles. The van der Waals surface area contributed by atoms with Gasteiger partial charge in [-0.3, -0.25) is 19.1 Å². The Morgan fingerprint density at radius 2 is 1.87 bits per heavy atom. The second-order valence-electron chi connectivity index (χ2n) is 8.02. The van der Waals surface area contributed by atoms with Gasteiger partial charge in [0.1, 0.15) is 22.9 Å². The molecule has 5 rings (SSSR count). The summed E-state index contributed by atoms with van der Waals surface area (Å²) in [6.45, 7) is -0.507. The van der Waals surface area contributed by atoms with Gasteiger partial charge in [0.05, 0.1) is 34.2 Å². The largest absolute Gasteiger partial charge is 0.487 e. The number of H-pyrrole nitrogens is 1. The van der Waals surface area contributed by atoms with E-state index in [1.54, 1.807) is 0 Å². The number of thiazole rings is 1. The normalized spacial score (nSPS) is 11.5. The summed E-state index contributed by atoms with van der Waals surface area (Å²) in [4.78, 5) is 48.8. The van der Waals surface area contributed by atoms with E-state index in [-0.39, 0.29) is 39.0 Å². The van der Waals surface area contributed by atoms with Crippen LogP contribution in [0.2, 0.25) is 5.02 Å². The number of halogens is 4. The third-order valence-electron chi connectivity index (χ3n) is 5.51. The lowest BCUT2D eigenvalue weighted by Crippen LogP contribution is -2.39. The molecule has 0 aliphatic rings. The lowest BCUT2D eigenvalue weighted by atomic mass is 10.1. The van der Waals surface area contributed by atoms with Crippen LogP contribution in [0.15, 0.2) is 87.1 Å². The van der Waals surface area contributed by atoms with Crippen LogP contribution in [0.4, 0.5) is 13.2 Å². The Hall–Kier alpha value is -4.49. The first-order valence-corrected chi connectivity index (χ1v) is 12.3. The molecule has 0 saturated carbocycles. The molecule has 0 fully saturated rings. The maximum atomic E-state index is 13.6. The monoisotopic (exact) mass is 573 g/mol. The van der Waals surface area contributed by atoms with Gasteiger partial charge < -0.3 is 9.72 Å². The summed E-state index contributed by atoms with van der Waals surface area (Å²) in [6, 6.07) is 10.1. The molecular weight excluding hydrogens is 559 g/mol. The quantitative estimate of drug-likeness (QED) is 0.321. The topological polar surface area (TPSA) is 112 Å². The van der Waals surface area contributed by atoms with Gasteiger partial charge in [0.15, 0.2) is 0 Å². The van der Waals surface area contributed by atoms with Crippen LogP contribution in [0.3, 0.4) is 0 Å². The average Bonchev–Trinajstić information content (AvgIpc) is 3.38. The fourth-order valence-electron chi connectivity index (χ4n) is 3.80. The fourth-order valence-corrected chi connectivity index (χ4v) is 4.68. The number of aromatic amines is 1. The van der Waals surface area contributed by atoms with E-state index in [1.165, 1.54) is 67.3 Å². The zero-order valence-electron chi connectivity index (χ0n) is 19.5. The number of hydrogen-bond acceptors (Lipinski definition) is 7. The molecule has 0 spiro atoms. The minimum absolute atomic E-state index is 0.00982.